The second kappa shape index (κ2) is 6.62. The molecule has 0 spiro atoms. The molecule has 3 nitrogen and oxygen atoms in total. The molecule has 2 aromatic rings. The molecule has 0 saturated carbocycles. The summed E-state index contributed by atoms with van der Waals surface area (Å²) in [4.78, 5) is 12.7. The highest BCUT2D eigenvalue weighted by atomic mass is 79.9. The zero-order valence-electron chi connectivity index (χ0n) is 11.9. The van der Waals surface area contributed by atoms with E-state index >= 15 is 0 Å². The monoisotopic (exact) mass is 412 g/mol. The highest BCUT2D eigenvalue weighted by molar-refractivity contribution is 9.11. The highest BCUT2D eigenvalue weighted by Crippen LogP contribution is 2.38. The Labute approximate surface area is 140 Å². The number of hydrogen-bond acceptors (Lipinski definition) is 3. The first kappa shape index (κ1) is 16.0. The van der Waals surface area contributed by atoms with Crippen molar-refractivity contribution in [3.63, 3.8) is 0 Å². The van der Waals surface area contributed by atoms with Gasteiger partial charge in [-0.05, 0) is 46.6 Å². The van der Waals surface area contributed by atoms with Gasteiger partial charge in [0.05, 0.1) is 19.8 Å². The molecule has 2 aromatic carbocycles. The van der Waals surface area contributed by atoms with Gasteiger partial charge in [0.25, 0.3) is 0 Å². The lowest BCUT2D eigenvalue weighted by Crippen LogP contribution is -2.05. The summed E-state index contributed by atoms with van der Waals surface area (Å²) in [6, 6.07) is 8.97. The molecule has 0 atom stereocenters. The van der Waals surface area contributed by atoms with Crippen molar-refractivity contribution in [3.05, 3.63) is 56.0 Å². The van der Waals surface area contributed by atoms with Crippen LogP contribution in [0.4, 0.5) is 0 Å². The first-order valence-electron chi connectivity index (χ1n) is 6.21. The Hall–Kier alpha value is -1.33. The maximum atomic E-state index is 12.7. The quantitative estimate of drug-likeness (QED) is 0.677. The molecule has 0 fully saturated rings. The van der Waals surface area contributed by atoms with Gasteiger partial charge in [0, 0.05) is 10.0 Å². The van der Waals surface area contributed by atoms with Crippen LogP contribution >= 0.6 is 31.9 Å². The van der Waals surface area contributed by atoms with Gasteiger partial charge >= 0.3 is 0 Å². The fourth-order valence-electron chi connectivity index (χ4n) is 1.96. The normalized spacial score (nSPS) is 10.3. The van der Waals surface area contributed by atoms with E-state index in [1.54, 1.807) is 25.3 Å². The van der Waals surface area contributed by atoms with Crippen LogP contribution in [0.25, 0.3) is 0 Å². The minimum Gasteiger partial charge on any atom is -0.495 e. The average Bonchev–Trinajstić information content (AvgIpc) is 2.49. The second-order valence-corrected chi connectivity index (χ2v) is 6.10. The van der Waals surface area contributed by atoms with Gasteiger partial charge in [-0.3, -0.25) is 4.79 Å². The molecule has 0 heterocycles. The molecule has 5 heteroatoms. The van der Waals surface area contributed by atoms with Gasteiger partial charge in [-0.2, -0.15) is 0 Å². The number of carbonyl (C=O) groups excluding carboxylic acids is 1. The predicted molar refractivity (Wildman–Crippen MR) is 89.6 cm³/mol. The van der Waals surface area contributed by atoms with Crippen molar-refractivity contribution in [1.82, 2.24) is 0 Å². The summed E-state index contributed by atoms with van der Waals surface area (Å²) in [6.07, 6.45) is 0. The van der Waals surface area contributed by atoms with E-state index in [4.69, 9.17) is 9.47 Å². The molecule has 2 rings (SSSR count). The number of ether oxygens (including phenoxy) is 2. The smallest absolute Gasteiger partial charge is 0.196 e. The van der Waals surface area contributed by atoms with Crippen LogP contribution in [0.15, 0.2) is 39.3 Å². The predicted octanol–water partition coefficient (Wildman–Crippen LogP) is 4.77. The molecule has 0 amide bonds. The van der Waals surface area contributed by atoms with Crippen LogP contribution in [0, 0.1) is 6.92 Å². The molecule has 0 unspecified atom stereocenters. The average molecular weight is 414 g/mol. The number of aryl methyl sites for hydroxylation is 1. The van der Waals surface area contributed by atoms with Gasteiger partial charge in [0.1, 0.15) is 16.0 Å². The molecular formula is C16H14Br2O3. The molecule has 110 valence electrons. The summed E-state index contributed by atoms with van der Waals surface area (Å²) >= 11 is 6.85. The fraction of sp³-hybridized carbons (Fsp3) is 0.188. The zero-order chi connectivity index (χ0) is 15.6. The number of halogens is 2. The lowest BCUT2D eigenvalue weighted by Gasteiger charge is -2.13. The Morgan fingerprint density at radius 1 is 1.05 bits per heavy atom. The molecule has 21 heavy (non-hydrogen) atoms. The van der Waals surface area contributed by atoms with Gasteiger partial charge < -0.3 is 9.47 Å². The number of carbonyl (C=O) groups is 1. The van der Waals surface area contributed by atoms with E-state index in [2.05, 4.69) is 31.9 Å². The van der Waals surface area contributed by atoms with E-state index in [9.17, 15) is 4.79 Å². The summed E-state index contributed by atoms with van der Waals surface area (Å²) in [5, 5.41) is 0. The van der Waals surface area contributed by atoms with Crippen LogP contribution in [-0.2, 0) is 0 Å². The van der Waals surface area contributed by atoms with Crippen LogP contribution in [0.2, 0.25) is 0 Å². The number of hydrogen-bond donors (Lipinski definition) is 0. The molecule has 0 aliphatic heterocycles. The lowest BCUT2D eigenvalue weighted by atomic mass is 10.0. The number of ketones is 1. The first-order chi connectivity index (χ1) is 9.99. The van der Waals surface area contributed by atoms with E-state index in [-0.39, 0.29) is 5.78 Å². The number of benzene rings is 2. The number of methoxy groups -OCH3 is 2. The molecule has 0 bridgehead atoms. The van der Waals surface area contributed by atoms with Crippen molar-refractivity contribution in [3.8, 4) is 11.5 Å². The van der Waals surface area contributed by atoms with E-state index in [1.165, 1.54) is 7.11 Å². The van der Waals surface area contributed by atoms with Crippen LogP contribution in [0.5, 0.6) is 11.5 Å². The van der Waals surface area contributed by atoms with Crippen molar-refractivity contribution >= 4 is 37.6 Å². The van der Waals surface area contributed by atoms with Crippen LogP contribution in [-0.4, -0.2) is 20.0 Å². The Morgan fingerprint density at radius 3 is 2.33 bits per heavy atom. The SMILES string of the molecule is COc1ccc(C(=O)c2ccc(C)c(Br)c2)c(OC)c1Br. The zero-order valence-corrected chi connectivity index (χ0v) is 15.0. The van der Waals surface area contributed by atoms with E-state index in [1.807, 2.05) is 19.1 Å². The Balaban J connectivity index is 2.52. The van der Waals surface area contributed by atoms with Gasteiger partial charge in [0.15, 0.2) is 5.78 Å². The summed E-state index contributed by atoms with van der Waals surface area (Å²) in [5.41, 5.74) is 2.16. The molecule has 0 aromatic heterocycles. The van der Waals surface area contributed by atoms with Crippen molar-refractivity contribution in [2.45, 2.75) is 6.92 Å². The van der Waals surface area contributed by atoms with Gasteiger partial charge in [-0.15, -0.1) is 0 Å². The van der Waals surface area contributed by atoms with Crippen molar-refractivity contribution in [2.24, 2.45) is 0 Å². The van der Waals surface area contributed by atoms with E-state index in [0.29, 0.717) is 27.1 Å². The summed E-state index contributed by atoms with van der Waals surface area (Å²) in [7, 11) is 3.10. The Kier molecular flexibility index (Phi) is 5.06. The van der Waals surface area contributed by atoms with Gasteiger partial charge in [-0.25, -0.2) is 0 Å². The van der Waals surface area contributed by atoms with E-state index in [0.717, 1.165) is 10.0 Å². The van der Waals surface area contributed by atoms with Crippen LogP contribution in [0.3, 0.4) is 0 Å². The van der Waals surface area contributed by atoms with Crippen molar-refractivity contribution < 1.29 is 14.3 Å². The lowest BCUT2D eigenvalue weighted by molar-refractivity contribution is 0.103. The number of rotatable bonds is 4. The minimum atomic E-state index is -0.101. The van der Waals surface area contributed by atoms with Crippen LogP contribution in [0.1, 0.15) is 21.5 Å². The second-order valence-electron chi connectivity index (χ2n) is 4.46. The Morgan fingerprint density at radius 2 is 1.76 bits per heavy atom. The minimum absolute atomic E-state index is 0.101. The van der Waals surface area contributed by atoms with Gasteiger partial charge in [-0.1, -0.05) is 28.1 Å². The molecule has 0 aliphatic rings. The summed E-state index contributed by atoms with van der Waals surface area (Å²) in [6.45, 7) is 1.98. The molecule has 0 saturated heterocycles. The summed E-state index contributed by atoms with van der Waals surface area (Å²) < 4.78 is 12.1. The standard InChI is InChI=1S/C16H14Br2O3/c1-9-4-5-10(8-12(9)17)15(19)11-6-7-13(20-2)14(18)16(11)21-3/h4-8H,1-3H3. The maximum Gasteiger partial charge on any atom is 0.196 e. The maximum absolute atomic E-state index is 12.7. The molecular weight excluding hydrogens is 400 g/mol. The topological polar surface area (TPSA) is 35.5 Å². The fourth-order valence-corrected chi connectivity index (χ4v) is 3.01. The third kappa shape index (κ3) is 3.14. The van der Waals surface area contributed by atoms with Gasteiger partial charge in [0.2, 0.25) is 0 Å². The first-order valence-corrected chi connectivity index (χ1v) is 7.79. The largest absolute Gasteiger partial charge is 0.495 e. The third-order valence-corrected chi connectivity index (χ3v) is 4.77. The molecule has 0 aliphatic carbocycles. The Bertz CT molecular complexity index is 696. The molecule has 0 radical (unpaired) electrons. The summed E-state index contributed by atoms with van der Waals surface area (Å²) in [5.74, 6) is 0.987. The van der Waals surface area contributed by atoms with E-state index < -0.39 is 0 Å². The molecule has 0 N–H and O–H groups in total. The van der Waals surface area contributed by atoms with Crippen molar-refractivity contribution in [2.75, 3.05) is 14.2 Å². The highest BCUT2D eigenvalue weighted by Gasteiger charge is 2.19. The third-order valence-electron chi connectivity index (χ3n) is 3.16. The van der Waals surface area contributed by atoms with Crippen LogP contribution < -0.4 is 9.47 Å². The van der Waals surface area contributed by atoms with Crippen molar-refractivity contribution in [1.29, 1.82) is 0 Å².